The Morgan fingerprint density at radius 2 is 1.72 bits per heavy atom. The van der Waals surface area contributed by atoms with Crippen LogP contribution >= 0.6 is 50.5 Å². The highest BCUT2D eigenvalue weighted by Gasteiger charge is 2.31. The molecule has 39 heavy (non-hydrogen) atoms. The second-order valence-electron chi connectivity index (χ2n) is 10.9. The molecule has 1 aliphatic carbocycles. The predicted octanol–water partition coefficient (Wildman–Crippen LogP) is 8.88. The highest BCUT2D eigenvalue weighted by Crippen LogP contribution is 2.39. The molecule has 10 heteroatoms. The molecule has 1 N–H and O–H groups in total. The summed E-state index contributed by atoms with van der Waals surface area (Å²) in [5.74, 6) is -0.168. The van der Waals surface area contributed by atoms with Gasteiger partial charge >= 0.3 is 0 Å². The van der Waals surface area contributed by atoms with Crippen molar-refractivity contribution in [2.24, 2.45) is 0 Å². The van der Waals surface area contributed by atoms with Crippen LogP contribution in [-0.2, 0) is 5.41 Å². The summed E-state index contributed by atoms with van der Waals surface area (Å²) in [5, 5.41) is 19.7. The van der Waals surface area contributed by atoms with Crippen molar-refractivity contribution in [2.45, 2.75) is 70.8 Å². The highest BCUT2D eigenvalue weighted by molar-refractivity contribution is 9.10. The van der Waals surface area contributed by atoms with Gasteiger partial charge in [-0.1, -0.05) is 109 Å². The van der Waals surface area contributed by atoms with Crippen molar-refractivity contribution in [3.63, 3.8) is 0 Å². The van der Waals surface area contributed by atoms with Crippen molar-refractivity contribution in [2.75, 3.05) is 0 Å². The van der Waals surface area contributed by atoms with E-state index >= 15 is 0 Å². The average Bonchev–Trinajstić information content (AvgIpc) is 3.44. The van der Waals surface area contributed by atoms with Crippen LogP contribution in [0.5, 0.6) is 0 Å². The first-order chi connectivity index (χ1) is 18.6. The van der Waals surface area contributed by atoms with Crippen LogP contribution in [0.3, 0.4) is 0 Å². The van der Waals surface area contributed by atoms with Crippen molar-refractivity contribution >= 4 is 56.4 Å². The maximum atomic E-state index is 14.2. The number of amides is 1. The second kappa shape index (κ2) is 11.7. The molecule has 0 unspecified atom stereocenters. The van der Waals surface area contributed by atoms with Gasteiger partial charge in [0.05, 0.1) is 22.0 Å². The first kappa shape index (κ1) is 28.3. The fourth-order valence-corrected chi connectivity index (χ4v) is 6.43. The summed E-state index contributed by atoms with van der Waals surface area (Å²) in [6.45, 7) is 6.28. The Labute approximate surface area is 251 Å². The molecule has 5 rings (SSSR count). The number of carbonyl (C=O) groups excluding carboxylic acids is 1. The first-order valence-corrected chi connectivity index (χ1v) is 15.5. The SMILES string of the molecule is CC(C)(C)c1nnc(-c2nn(-c3ccc(Cl)cc3Cl)c(-c3ccc(Br)cc3)c2C(=O)NC2CCCCCC2)s1. The van der Waals surface area contributed by atoms with Crippen LogP contribution in [0, 0.1) is 0 Å². The van der Waals surface area contributed by atoms with Gasteiger partial charge < -0.3 is 5.32 Å². The number of hydrogen-bond donors (Lipinski definition) is 1. The summed E-state index contributed by atoms with van der Waals surface area (Å²) >= 11 is 17.9. The van der Waals surface area contributed by atoms with Gasteiger partial charge in [-0.05, 0) is 43.2 Å². The van der Waals surface area contributed by atoms with E-state index in [1.165, 1.54) is 24.2 Å². The molecule has 2 heterocycles. The van der Waals surface area contributed by atoms with Crippen molar-refractivity contribution in [1.82, 2.24) is 25.3 Å². The van der Waals surface area contributed by atoms with E-state index in [1.54, 1.807) is 16.8 Å². The lowest BCUT2D eigenvalue weighted by Crippen LogP contribution is -2.34. The normalized spacial score (nSPS) is 14.8. The third kappa shape index (κ3) is 6.24. The Kier molecular flexibility index (Phi) is 8.48. The number of halogens is 3. The number of benzene rings is 2. The van der Waals surface area contributed by atoms with Crippen LogP contribution in [0.1, 0.15) is 74.7 Å². The molecule has 0 atom stereocenters. The van der Waals surface area contributed by atoms with Crippen LogP contribution in [-0.4, -0.2) is 31.9 Å². The zero-order chi connectivity index (χ0) is 27.7. The summed E-state index contributed by atoms with van der Waals surface area (Å²) in [7, 11) is 0. The number of nitrogens with zero attached hydrogens (tertiary/aromatic N) is 4. The van der Waals surface area contributed by atoms with Gasteiger partial charge in [-0.25, -0.2) is 4.68 Å². The van der Waals surface area contributed by atoms with E-state index in [4.69, 9.17) is 28.3 Å². The van der Waals surface area contributed by atoms with Gasteiger partial charge in [0.2, 0.25) is 0 Å². The number of hydrogen-bond acceptors (Lipinski definition) is 5. The minimum Gasteiger partial charge on any atom is -0.349 e. The molecular formula is C29H30BrCl2N5OS. The van der Waals surface area contributed by atoms with E-state index in [0.29, 0.717) is 37.7 Å². The maximum Gasteiger partial charge on any atom is 0.256 e. The molecule has 0 spiro atoms. The zero-order valence-electron chi connectivity index (χ0n) is 22.1. The average molecular weight is 647 g/mol. The summed E-state index contributed by atoms with van der Waals surface area (Å²) in [6.07, 6.45) is 6.58. The second-order valence-corrected chi connectivity index (χ2v) is 13.6. The highest BCUT2D eigenvalue weighted by atomic mass is 79.9. The van der Waals surface area contributed by atoms with Gasteiger partial charge in [-0.2, -0.15) is 5.10 Å². The van der Waals surface area contributed by atoms with E-state index in [-0.39, 0.29) is 17.4 Å². The summed E-state index contributed by atoms with van der Waals surface area (Å²) in [5.41, 5.74) is 2.85. The minimum absolute atomic E-state index is 0.118. The van der Waals surface area contributed by atoms with Crippen LogP contribution in [0.25, 0.3) is 27.6 Å². The molecule has 1 aliphatic rings. The number of carbonyl (C=O) groups is 1. The summed E-state index contributed by atoms with van der Waals surface area (Å²) < 4.78 is 2.67. The molecule has 0 saturated heterocycles. The number of rotatable bonds is 5. The largest absolute Gasteiger partial charge is 0.349 e. The molecule has 0 bridgehead atoms. The Morgan fingerprint density at radius 1 is 1.03 bits per heavy atom. The fourth-order valence-electron chi connectivity index (χ4n) is 4.79. The zero-order valence-corrected chi connectivity index (χ0v) is 26.0. The summed E-state index contributed by atoms with van der Waals surface area (Å²) in [6, 6.07) is 13.2. The third-order valence-corrected chi connectivity index (χ3v) is 9.25. The van der Waals surface area contributed by atoms with Crippen molar-refractivity contribution in [3.8, 4) is 27.6 Å². The van der Waals surface area contributed by atoms with Gasteiger partial charge in [0, 0.05) is 26.5 Å². The van der Waals surface area contributed by atoms with E-state index in [1.807, 2.05) is 30.3 Å². The molecule has 4 aromatic rings. The number of nitrogens with one attached hydrogen (secondary N) is 1. The van der Waals surface area contributed by atoms with Crippen LogP contribution in [0.2, 0.25) is 10.0 Å². The predicted molar refractivity (Wildman–Crippen MR) is 163 cm³/mol. The van der Waals surface area contributed by atoms with Gasteiger partial charge in [-0.15, -0.1) is 10.2 Å². The third-order valence-electron chi connectivity index (χ3n) is 6.83. The van der Waals surface area contributed by atoms with Gasteiger partial charge in [0.15, 0.2) is 5.01 Å². The van der Waals surface area contributed by atoms with E-state index in [9.17, 15) is 4.79 Å². The molecule has 0 aliphatic heterocycles. The Hall–Kier alpha value is -2.26. The van der Waals surface area contributed by atoms with Crippen molar-refractivity contribution < 1.29 is 4.79 Å². The fraction of sp³-hybridized carbons (Fsp3) is 0.379. The molecule has 6 nitrogen and oxygen atoms in total. The van der Waals surface area contributed by atoms with Crippen LogP contribution < -0.4 is 5.32 Å². The summed E-state index contributed by atoms with van der Waals surface area (Å²) in [4.78, 5) is 14.2. The lowest BCUT2D eigenvalue weighted by atomic mass is 9.98. The quantitative estimate of drug-likeness (QED) is 0.220. The smallest absolute Gasteiger partial charge is 0.256 e. The van der Waals surface area contributed by atoms with Crippen LogP contribution in [0.15, 0.2) is 46.9 Å². The lowest BCUT2D eigenvalue weighted by Gasteiger charge is -2.17. The molecule has 1 saturated carbocycles. The monoisotopic (exact) mass is 645 g/mol. The standard InChI is InChI=1S/C29H30BrCl2N5OS/c1-29(2,3)28-35-34-27(39-28)24-23(26(38)33-20-8-6-4-5-7-9-20)25(17-10-12-18(30)13-11-17)37(36-24)22-15-14-19(31)16-21(22)32/h10-16,20H,4-9H2,1-3H3,(H,33,38). The van der Waals surface area contributed by atoms with Crippen molar-refractivity contribution in [3.05, 3.63) is 67.6 Å². The van der Waals surface area contributed by atoms with E-state index < -0.39 is 0 Å². The Morgan fingerprint density at radius 3 is 2.33 bits per heavy atom. The molecular weight excluding hydrogens is 617 g/mol. The molecule has 2 aromatic carbocycles. The van der Waals surface area contributed by atoms with Gasteiger partial charge in [-0.3, -0.25) is 4.79 Å². The van der Waals surface area contributed by atoms with E-state index in [0.717, 1.165) is 40.7 Å². The molecule has 1 amide bonds. The Balaban J connectivity index is 1.74. The maximum absolute atomic E-state index is 14.2. The topological polar surface area (TPSA) is 72.7 Å². The molecule has 2 aromatic heterocycles. The lowest BCUT2D eigenvalue weighted by molar-refractivity contribution is 0.0934. The first-order valence-electron chi connectivity index (χ1n) is 13.1. The Bertz CT molecular complexity index is 1480. The minimum atomic E-state index is -0.185. The molecule has 204 valence electrons. The van der Waals surface area contributed by atoms with Crippen LogP contribution in [0.4, 0.5) is 0 Å². The van der Waals surface area contributed by atoms with Gasteiger partial charge in [0.1, 0.15) is 10.7 Å². The molecule has 0 radical (unpaired) electrons. The number of aromatic nitrogens is 4. The van der Waals surface area contributed by atoms with Crippen molar-refractivity contribution in [1.29, 1.82) is 0 Å². The molecule has 1 fully saturated rings. The van der Waals surface area contributed by atoms with E-state index in [2.05, 4.69) is 52.2 Å². The van der Waals surface area contributed by atoms with Gasteiger partial charge in [0.25, 0.3) is 5.91 Å².